The van der Waals surface area contributed by atoms with Crippen LogP contribution >= 0.6 is 0 Å². The summed E-state index contributed by atoms with van der Waals surface area (Å²) < 4.78 is 10.7. The first-order valence-corrected chi connectivity index (χ1v) is 5.77. The van der Waals surface area contributed by atoms with Gasteiger partial charge in [-0.25, -0.2) is 0 Å². The summed E-state index contributed by atoms with van der Waals surface area (Å²) in [6, 6.07) is 3.80. The van der Waals surface area contributed by atoms with E-state index in [-0.39, 0.29) is 0 Å². The Morgan fingerprint density at radius 2 is 1.78 bits per heavy atom. The molecule has 0 radical (unpaired) electrons. The molecule has 0 unspecified atom stereocenters. The van der Waals surface area contributed by atoms with E-state index in [9.17, 15) is 9.90 Å². The third-order valence-electron chi connectivity index (χ3n) is 3.01. The van der Waals surface area contributed by atoms with Gasteiger partial charge in [0.05, 0.1) is 19.6 Å². The van der Waals surface area contributed by atoms with Crippen molar-refractivity contribution in [1.29, 1.82) is 0 Å². The Hall–Kier alpha value is -1.71. The van der Waals surface area contributed by atoms with Gasteiger partial charge in [0, 0.05) is 0 Å². The van der Waals surface area contributed by atoms with Crippen LogP contribution in [0.1, 0.15) is 25.0 Å². The fourth-order valence-electron chi connectivity index (χ4n) is 1.87. The average molecular weight is 252 g/mol. The van der Waals surface area contributed by atoms with Crippen LogP contribution in [0.2, 0.25) is 0 Å². The second kappa shape index (κ2) is 5.29. The summed E-state index contributed by atoms with van der Waals surface area (Å²) in [4.78, 5) is 11.2. The Bertz CT molecular complexity index is 449. The first kappa shape index (κ1) is 14.4. The predicted octanol–water partition coefficient (Wildman–Crippen LogP) is 2.67. The molecule has 1 rings (SSSR count). The maximum Gasteiger partial charge on any atom is 0.309 e. The zero-order valence-electron chi connectivity index (χ0n) is 11.5. The first-order valence-electron chi connectivity index (χ1n) is 5.77. The van der Waals surface area contributed by atoms with Crippen LogP contribution in [-0.4, -0.2) is 25.3 Å². The second-order valence-electron chi connectivity index (χ2n) is 4.97. The van der Waals surface area contributed by atoms with Gasteiger partial charge in [-0.3, -0.25) is 4.79 Å². The van der Waals surface area contributed by atoms with Crippen LogP contribution in [0, 0.1) is 12.3 Å². The number of rotatable bonds is 5. The van der Waals surface area contributed by atoms with Gasteiger partial charge in [0.15, 0.2) is 11.5 Å². The maximum absolute atomic E-state index is 11.2. The Kier molecular flexibility index (Phi) is 4.22. The lowest BCUT2D eigenvalue weighted by Gasteiger charge is -2.22. The normalized spacial score (nSPS) is 11.2. The van der Waals surface area contributed by atoms with Crippen molar-refractivity contribution < 1.29 is 19.4 Å². The Labute approximate surface area is 108 Å². The topological polar surface area (TPSA) is 55.8 Å². The number of benzene rings is 1. The minimum Gasteiger partial charge on any atom is -0.493 e. The van der Waals surface area contributed by atoms with Crippen molar-refractivity contribution in [3.8, 4) is 11.5 Å². The Morgan fingerprint density at radius 3 is 2.22 bits per heavy atom. The van der Waals surface area contributed by atoms with Crippen molar-refractivity contribution in [3.63, 3.8) is 0 Å². The van der Waals surface area contributed by atoms with Gasteiger partial charge < -0.3 is 14.6 Å². The van der Waals surface area contributed by atoms with Crippen LogP contribution in [-0.2, 0) is 11.2 Å². The number of methoxy groups -OCH3 is 2. The van der Waals surface area contributed by atoms with Crippen LogP contribution in [0.15, 0.2) is 12.1 Å². The second-order valence-corrected chi connectivity index (χ2v) is 4.97. The lowest BCUT2D eigenvalue weighted by molar-refractivity contribution is -0.146. The molecule has 0 heterocycles. The first-order chi connectivity index (χ1) is 8.33. The monoisotopic (exact) mass is 252 g/mol. The molecule has 4 heteroatoms. The zero-order chi connectivity index (χ0) is 13.9. The average Bonchev–Trinajstić information content (AvgIpc) is 2.30. The summed E-state index contributed by atoms with van der Waals surface area (Å²) in [5.74, 6) is 0.451. The number of hydrogen-bond donors (Lipinski definition) is 1. The standard InChI is InChI=1S/C14H20O4/c1-9-6-7-10(8-14(2,3)13(15)16)12(18-5)11(9)17-4/h6-7H,8H2,1-5H3,(H,15,16). The molecule has 4 nitrogen and oxygen atoms in total. The number of carboxylic acids is 1. The molecule has 0 aromatic heterocycles. The van der Waals surface area contributed by atoms with E-state index >= 15 is 0 Å². The van der Waals surface area contributed by atoms with E-state index in [0.29, 0.717) is 17.9 Å². The fourth-order valence-corrected chi connectivity index (χ4v) is 1.87. The highest BCUT2D eigenvalue weighted by Crippen LogP contribution is 2.37. The molecular weight excluding hydrogens is 232 g/mol. The zero-order valence-corrected chi connectivity index (χ0v) is 11.5. The van der Waals surface area contributed by atoms with Crippen LogP contribution < -0.4 is 9.47 Å². The number of carboxylic acid groups (broad SMARTS) is 1. The smallest absolute Gasteiger partial charge is 0.309 e. The Morgan fingerprint density at radius 1 is 1.22 bits per heavy atom. The van der Waals surface area contributed by atoms with Gasteiger partial charge in [-0.15, -0.1) is 0 Å². The van der Waals surface area contributed by atoms with Gasteiger partial charge in [-0.2, -0.15) is 0 Å². The van der Waals surface area contributed by atoms with Crippen LogP contribution in [0.3, 0.4) is 0 Å². The minimum absolute atomic E-state index is 0.391. The van der Waals surface area contributed by atoms with Crippen molar-refractivity contribution in [2.45, 2.75) is 27.2 Å². The summed E-state index contributed by atoms with van der Waals surface area (Å²) in [5, 5.41) is 9.18. The third kappa shape index (κ3) is 2.75. The Balaban J connectivity index is 3.22. The van der Waals surface area contributed by atoms with E-state index in [1.54, 1.807) is 28.1 Å². The van der Waals surface area contributed by atoms with Gasteiger partial charge in [-0.05, 0) is 38.3 Å². The largest absolute Gasteiger partial charge is 0.493 e. The molecule has 0 bridgehead atoms. The highest BCUT2D eigenvalue weighted by atomic mass is 16.5. The lowest BCUT2D eigenvalue weighted by Crippen LogP contribution is -2.26. The quantitative estimate of drug-likeness (QED) is 0.875. The third-order valence-corrected chi connectivity index (χ3v) is 3.01. The molecule has 1 N–H and O–H groups in total. The van der Waals surface area contributed by atoms with Gasteiger partial charge in [0.2, 0.25) is 0 Å². The van der Waals surface area contributed by atoms with Crippen LogP contribution in [0.5, 0.6) is 11.5 Å². The van der Waals surface area contributed by atoms with E-state index in [2.05, 4.69) is 0 Å². The molecule has 0 saturated heterocycles. The molecule has 0 amide bonds. The highest BCUT2D eigenvalue weighted by molar-refractivity contribution is 5.74. The van der Waals surface area contributed by atoms with E-state index < -0.39 is 11.4 Å². The summed E-state index contributed by atoms with van der Waals surface area (Å²) >= 11 is 0. The van der Waals surface area contributed by atoms with Crippen LogP contribution in [0.4, 0.5) is 0 Å². The van der Waals surface area contributed by atoms with E-state index in [4.69, 9.17) is 9.47 Å². The highest BCUT2D eigenvalue weighted by Gasteiger charge is 2.29. The fraction of sp³-hybridized carbons (Fsp3) is 0.500. The van der Waals surface area contributed by atoms with Crippen molar-refractivity contribution in [3.05, 3.63) is 23.3 Å². The molecule has 0 spiro atoms. The molecule has 18 heavy (non-hydrogen) atoms. The molecular formula is C14H20O4. The summed E-state index contributed by atoms with van der Waals surface area (Å²) in [6.45, 7) is 5.32. The van der Waals surface area contributed by atoms with E-state index in [1.807, 2.05) is 19.1 Å². The maximum atomic E-state index is 11.2. The van der Waals surface area contributed by atoms with Crippen molar-refractivity contribution in [1.82, 2.24) is 0 Å². The van der Waals surface area contributed by atoms with Gasteiger partial charge in [0.25, 0.3) is 0 Å². The summed E-state index contributed by atoms with van der Waals surface area (Å²) in [7, 11) is 3.14. The molecule has 0 aliphatic carbocycles. The van der Waals surface area contributed by atoms with Gasteiger partial charge >= 0.3 is 5.97 Å². The number of aryl methyl sites for hydroxylation is 1. The number of aliphatic carboxylic acids is 1. The van der Waals surface area contributed by atoms with Crippen molar-refractivity contribution in [2.75, 3.05) is 14.2 Å². The lowest BCUT2D eigenvalue weighted by atomic mass is 9.85. The molecule has 100 valence electrons. The van der Waals surface area contributed by atoms with E-state index in [0.717, 1.165) is 11.1 Å². The number of ether oxygens (including phenoxy) is 2. The summed E-state index contributed by atoms with van der Waals surface area (Å²) in [5.41, 5.74) is 0.965. The SMILES string of the molecule is COc1c(C)ccc(CC(C)(C)C(=O)O)c1OC. The van der Waals surface area contributed by atoms with Crippen molar-refractivity contribution in [2.24, 2.45) is 5.41 Å². The predicted molar refractivity (Wildman–Crippen MR) is 69.4 cm³/mol. The van der Waals surface area contributed by atoms with E-state index in [1.165, 1.54) is 0 Å². The molecule has 0 aliphatic rings. The molecule has 1 aromatic rings. The molecule has 0 atom stereocenters. The number of hydrogen-bond acceptors (Lipinski definition) is 3. The minimum atomic E-state index is -0.840. The molecule has 0 saturated carbocycles. The molecule has 0 fully saturated rings. The van der Waals surface area contributed by atoms with Gasteiger partial charge in [-0.1, -0.05) is 12.1 Å². The van der Waals surface area contributed by atoms with Gasteiger partial charge in [0.1, 0.15) is 0 Å². The van der Waals surface area contributed by atoms with Crippen molar-refractivity contribution >= 4 is 5.97 Å². The van der Waals surface area contributed by atoms with Crippen LogP contribution in [0.25, 0.3) is 0 Å². The molecule has 0 aliphatic heterocycles. The summed E-state index contributed by atoms with van der Waals surface area (Å²) in [6.07, 6.45) is 0.391. The number of carbonyl (C=O) groups is 1. The molecule has 1 aromatic carbocycles.